The summed E-state index contributed by atoms with van der Waals surface area (Å²) in [5.74, 6) is 0. The lowest BCUT2D eigenvalue weighted by Gasteiger charge is -2.39. The van der Waals surface area contributed by atoms with Gasteiger partial charge in [0.15, 0.2) is 6.29 Å². The minimum absolute atomic E-state index is 0.000527. The highest BCUT2D eigenvalue weighted by atomic mass is 16.7. The van der Waals surface area contributed by atoms with Crippen LogP contribution in [-0.4, -0.2) is 41.3 Å². The number of carbonyl (C=O) groups excluding carboxylic acids is 1. The summed E-state index contributed by atoms with van der Waals surface area (Å²) in [6, 6.07) is 34.9. The van der Waals surface area contributed by atoms with E-state index in [2.05, 4.69) is 70.6 Å². The molecule has 3 unspecified atom stereocenters. The molecule has 1 aliphatic heterocycles. The maximum Gasteiger partial charge on any atom is 0.315 e. The minimum Gasteiger partial charge on any atom is -0.392 e. The number of rotatable bonds is 13. The topological polar surface area (TPSA) is 83.1 Å². The Morgan fingerprint density at radius 1 is 0.792 bits per heavy atom. The highest BCUT2D eigenvalue weighted by Gasteiger charge is 2.34. The van der Waals surface area contributed by atoms with Gasteiger partial charge in [-0.05, 0) is 52.3 Å². The normalized spacial score (nSPS) is 19.7. The van der Waals surface area contributed by atoms with E-state index in [0.717, 1.165) is 58.5 Å². The third kappa shape index (κ3) is 8.99. The Kier molecular flexibility index (Phi) is 11.7. The first-order chi connectivity index (χ1) is 23.6. The zero-order valence-corrected chi connectivity index (χ0v) is 27.6. The second-order valence-electron chi connectivity index (χ2n) is 12.9. The van der Waals surface area contributed by atoms with Gasteiger partial charge >= 0.3 is 6.03 Å². The summed E-state index contributed by atoms with van der Waals surface area (Å²) < 4.78 is 13.3. The predicted octanol–water partition coefficient (Wildman–Crippen LogP) is 7.82. The van der Waals surface area contributed by atoms with E-state index in [9.17, 15) is 9.90 Å². The van der Waals surface area contributed by atoms with Gasteiger partial charge in [-0.2, -0.15) is 0 Å². The van der Waals surface area contributed by atoms with Gasteiger partial charge in [-0.3, -0.25) is 4.90 Å². The molecule has 0 radical (unpaired) electrons. The standard InChI is InChI=1S/C41H47N3O4/c1-2-23-44(37-13-6-7-14-37)28-38-25-39(34-17-15-31(29-45)16-18-34)48-40(47-38)35-21-19-33(20-22-35)36-12-8-11-32(24-36)27-43-41(46)42-26-30-9-4-3-5-10-30/h2-5,8-12,15-22,24,37-40,45H,1,6-7,13-14,23,25-29H2,(H2,42,43,46). The second-order valence-corrected chi connectivity index (χ2v) is 12.9. The zero-order chi connectivity index (χ0) is 33.1. The second kappa shape index (κ2) is 16.7. The van der Waals surface area contributed by atoms with Crippen molar-refractivity contribution >= 4 is 6.03 Å². The van der Waals surface area contributed by atoms with Gasteiger partial charge in [0, 0.05) is 44.2 Å². The molecule has 7 heteroatoms. The number of carbonyl (C=O) groups is 1. The van der Waals surface area contributed by atoms with E-state index in [-0.39, 0.29) is 24.8 Å². The molecule has 250 valence electrons. The summed E-state index contributed by atoms with van der Waals surface area (Å²) in [5, 5.41) is 15.4. The average molecular weight is 646 g/mol. The molecule has 3 N–H and O–H groups in total. The maximum absolute atomic E-state index is 12.4. The summed E-state index contributed by atoms with van der Waals surface area (Å²) in [4.78, 5) is 14.9. The molecule has 0 aromatic heterocycles. The molecule has 1 heterocycles. The van der Waals surface area contributed by atoms with Crippen LogP contribution in [0.2, 0.25) is 0 Å². The van der Waals surface area contributed by atoms with Crippen molar-refractivity contribution in [2.75, 3.05) is 13.1 Å². The third-order valence-electron chi connectivity index (χ3n) is 9.45. The van der Waals surface area contributed by atoms with Crippen LogP contribution in [0.5, 0.6) is 0 Å². The van der Waals surface area contributed by atoms with Crippen molar-refractivity contribution in [3.05, 3.63) is 144 Å². The quantitative estimate of drug-likeness (QED) is 0.129. The van der Waals surface area contributed by atoms with Gasteiger partial charge in [-0.15, -0.1) is 6.58 Å². The lowest BCUT2D eigenvalue weighted by Crippen LogP contribution is -2.43. The largest absolute Gasteiger partial charge is 0.392 e. The molecule has 4 aromatic carbocycles. The van der Waals surface area contributed by atoms with E-state index in [1.54, 1.807) is 0 Å². The van der Waals surface area contributed by atoms with Crippen molar-refractivity contribution in [2.24, 2.45) is 0 Å². The van der Waals surface area contributed by atoms with E-state index in [1.165, 1.54) is 25.7 Å². The minimum atomic E-state index is -0.501. The van der Waals surface area contributed by atoms with Crippen molar-refractivity contribution < 1.29 is 19.4 Å². The molecule has 7 nitrogen and oxygen atoms in total. The molecule has 2 aliphatic rings. The van der Waals surface area contributed by atoms with Crippen LogP contribution in [0, 0.1) is 0 Å². The Morgan fingerprint density at radius 3 is 2.19 bits per heavy atom. The van der Waals surface area contributed by atoms with Gasteiger partial charge in [-0.25, -0.2) is 4.79 Å². The summed E-state index contributed by atoms with van der Waals surface area (Å²) in [7, 11) is 0. The van der Waals surface area contributed by atoms with Crippen LogP contribution < -0.4 is 10.6 Å². The van der Waals surface area contributed by atoms with E-state index in [4.69, 9.17) is 9.47 Å². The van der Waals surface area contributed by atoms with Crippen LogP contribution in [0.1, 0.15) is 72.3 Å². The number of benzene rings is 4. The smallest absolute Gasteiger partial charge is 0.315 e. The third-order valence-corrected chi connectivity index (χ3v) is 9.45. The summed E-state index contributed by atoms with van der Waals surface area (Å²) in [6.07, 6.45) is 7.17. The van der Waals surface area contributed by atoms with Gasteiger partial charge in [-0.1, -0.05) is 116 Å². The molecule has 2 fully saturated rings. The molecule has 1 saturated carbocycles. The number of amides is 2. The number of nitrogens with one attached hydrogen (secondary N) is 2. The molecular weight excluding hydrogens is 598 g/mol. The van der Waals surface area contributed by atoms with Gasteiger partial charge < -0.3 is 25.2 Å². The molecule has 48 heavy (non-hydrogen) atoms. The molecular formula is C41H47N3O4. The van der Waals surface area contributed by atoms with E-state index in [0.29, 0.717) is 19.1 Å². The predicted molar refractivity (Wildman–Crippen MR) is 190 cm³/mol. The lowest BCUT2D eigenvalue weighted by atomic mass is 9.98. The van der Waals surface area contributed by atoms with Crippen molar-refractivity contribution in [1.29, 1.82) is 0 Å². The van der Waals surface area contributed by atoms with Crippen LogP contribution in [0.3, 0.4) is 0 Å². The van der Waals surface area contributed by atoms with E-state index < -0.39 is 6.29 Å². The number of hydrogen-bond acceptors (Lipinski definition) is 5. The van der Waals surface area contributed by atoms with Crippen molar-refractivity contribution in [1.82, 2.24) is 15.5 Å². The number of ether oxygens (including phenoxy) is 2. The molecule has 3 atom stereocenters. The first-order valence-corrected chi connectivity index (χ1v) is 17.2. The van der Waals surface area contributed by atoms with E-state index >= 15 is 0 Å². The number of aliphatic hydroxyl groups excluding tert-OH is 1. The number of hydrogen-bond donors (Lipinski definition) is 3. The molecule has 1 aliphatic carbocycles. The highest BCUT2D eigenvalue weighted by Crippen LogP contribution is 2.39. The van der Waals surface area contributed by atoms with Gasteiger partial charge in [0.25, 0.3) is 0 Å². The molecule has 4 aromatic rings. The van der Waals surface area contributed by atoms with Crippen molar-refractivity contribution in [3.8, 4) is 11.1 Å². The monoisotopic (exact) mass is 645 g/mol. The SMILES string of the molecule is C=CCN(CC1CC(c2ccc(CO)cc2)OC(c2ccc(-c3cccc(CNC(=O)NCc4ccccc4)c3)cc2)O1)C1CCCC1. The fourth-order valence-corrected chi connectivity index (χ4v) is 6.82. The van der Waals surface area contributed by atoms with Crippen LogP contribution in [0.15, 0.2) is 116 Å². The molecule has 0 spiro atoms. The molecule has 6 rings (SSSR count). The maximum atomic E-state index is 12.4. The van der Waals surface area contributed by atoms with Crippen LogP contribution in [-0.2, 0) is 29.2 Å². The van der Waals surface area contributed by atoms with Crippen molar-refractivity contribution in [3.63, 3.8) is 0 Å². The zero-order valence-electron chi connectivity index (χ0n) is 27.6. The summed E-state index contributed by atoms with van der Waals surface area (Å²) >= 11 is 0. The first kappa shape index (κ1) is 33.6. The lowest BCUT2D eigenvalue weighted by molar-refractivity contribution is -0.253. The van der Waals surface area contributed by atoms with E-state index in [1.807, 2.05) is 60.7 Å². The average Bonchev–Trinajstić information content (AvgIpc) is 3.69. The summed E-state index contributed by atoms with van der Waals surface area (Å²) in [5.41, 5.74) is 7.20. The molecule has 0 bridgehead atoms. The van der Waals surface area contributed by atoms with Crippen LogP contribution >= 0.6 is 0 Å². The number of aliphatic hydroxyl groups is 1. The number of nitrogens with zero attached hydrogens (tertiary/aromatic N) is 1. The Labute approximate surface area is 284 Å². The van der Waals surface area contributed by atoms with Gasteiger partial charge in [0.2, 0.25) is 0 Å². The molecule has 2 amide bonds. The number of urea groups is 1. The van der Waals surface area contributed by atoms with Crippen LogP contribution in [0.25, 0.3) is 11.1 Å². The summed E-state index contributed by atoms with van der Waals surface area (Å²) in [6.45, 7) is 6.66. The van der Waals surface area contributed by atoms with Crippen LogP contribution in [0.4, 0.5) is 4.79 Å². The Bertz CT molecular complexity index is 1600. The van der Waals surface area contributed by atoms with Gasteiger partial charge in [0.05, 0.1) is 18.8 Å². The van der Waals surface area contributed by atoms with Crippen molar-refractivity contribution in [2.45, 2.75) is 76.3 Å². The Morgan fingerprint density at radius 2 is 1.48 bits per heavy atom. The first-order valence-electron chi connectivity index (χ1n) is 17.2. The Balaban J connectivity index is 1.13. The fourth-order valence-electron chi connectivity index (χ4n) is 6.82. The molecule has 1 saturated heterocycles. The van der Waals surface area contributed by atoms with Gasteiger partial charge in [0.1, 0.15) is 0 Å². The highest BCUT2D eigenvalue weighted by molar-refractivity contribution is 5.74. The fraction of sp³-hybridized carbons (Fsp3) is 0.341. The Hall–Kier alpha value is -4.27.